The van der Waals surface area contributed by atoms with E-state index in [0.29, 0.717) is 17.4 Å². The van der Waals surface area contributed by atoms with Gasteiger partial charge in [0.25, 0.3) is 0 Å². The summed E-state index contributed by atoms with van der Waals surface area (Å²) in [6.45, 7) is 2.17. The summed E-state index contributed by atoms with van der Waals surface area (Å²) in [6.07, 6.45) is 0.831. The molecule has 3 rings (SSSR count). The zero-order chi connectivity index (χ0) is 22.2. The quantitative estimate of drug-likeness (QED) is 0.310. The molecular weight excluding hydrogens is 422 g/mol. The number of esters is 1. The molecule has 0 atom stereocenters. The van der Waals surface area contributed by atoms with Crippen molar-refractivity contribution in [3.05, 3.63) is 75.1 Å². The number of amides is 1. The van der Waals surface area contributed by atoms with Crippen LogP contribution in [-0.4, -0.2) is 18.6 Å². The van der Waals surface area contributed by atoms with E-state index >= 15 is 0 Å². The van der Waals surface area contributed by atoms with Gasteiger partial charge in [-0.3, -0.25) is 4.79 Å². The molecule has 0 radical (unpaired) electrons. The number of rotatable bonds is 8. The summed E-state index contributed by atoms with van der Waals surface area (Å²) >= 11 is 6.26. The third-order valence-corrected chi connectivity index (χ3v) is 4.73. The Balaban J connectivity index is 1.54. The van der Waals surface area contributed by atoms with E-state index in [1.807, 2.05) is 37.3 Å². The summed E-state index contributed by atoms with van der Waals surface area (Å²) < 4.78 is 15.6. The largest absolute Gasteiger partial charge is 0.445 e. The molecular formula is C23H22ClNO6. The minimum atomic E-state index is -0.634. The minimum Gasteiger partial charge on any atom is -0.445 e. The Morgan fingerprint density at radius 3 is 2.65 bits per heavy atom. The fourth-order valence-electron chi connectivity index (χ4n) is 3.00. The van der Waals surface area contributed by atoms with E-state index in [9.17, 15) is 14.4 Å². The van der Waals surface area contributed by atoms with Gasteiger partial charge in [0, 0.05) is 24.1 Å². The van der Waals surface area contributed by atoms with Crippen LogP contribution in [-0.2, 0) is 22.6 Å². The molecule has 0 fully saturated rings. The number of hydrogen-bond acceptors (Lipinski definition) is 6. The molecule has 31 heavy (non-hydrogen) atoms. The maximum absolute atomic E-state index is 12.1. The molecule has 2 aromatic carbocycles. The molecule has 0 spiro atoms. The highest BCUT2D eigenvalue weighted by Gasteiger charge is 2.14. The lowest BCUT2D eigenvalue weighted by atomic mass is 10.1. The molecule has 1 amide bonds. The van der Waals surface area contributed by atoms with Gasteiger partial charge in [-0.1, -0.05) is 55.3 Å². The summed E-state index contributed by atoms with van der Waals surface area (Å²) in [5, 5.41) is 3.42. The average Bonchev–Trinajstić information content (AvgIpc) is 2.74. The normalized spacial score (nSPS) is 10.6. The molecule has 0 saturated carbocycles. The third kappa shape index (κ3) is 6.33. The monoisotopic (exact) mass is 443 g/mol. The molecule has 0 saturated heterocycles. The van der Waals surface area contributed by atoms with Crippen LogP contribution in [0.5, 0.6) is 5.75 Å². The van der Waals surface area contributed by atoms with Crippen molar-refractivity contribution in [2.75, 3.05) is 6.54 Å². The van der Waals surface area contributed by atoms with Crippen molar-refractivity contribution in [1.82, 2.24) is 5.32 Å². The summed E-state index contributed by atoms with van der Waals surface area (Å²) in [5.74, 6) is -0.515. The second kappa shape index (κ2) is 10.6. The number of nitrogens with one attached hydrogen (secondary N) is 1. The highest BCUT2D eigenvalue weighted by atomic mass is 35.5. The summed E-state index contributed by atoms with van der Waals surface area (Å²) in [7, 11) is 0. The molecule has 0 unspecified atom stereocenters. The van der Waals surface area contributed by atoms with Gasteiger partial charge in [-0.15, -0.1) is 0 Å². The van der Waals surface area contributed by atoms with E-state index in [1.165, 1.54) is 12.1 Å². The number of carbonyl (C=O) groups excluding carboxylic acids is 2. The Kier molecular flexibility index (Phi) is 7.67. The van der Waals surface area contributed by atoms with E-state index in [1.54, 1.807) is 6.07 Å². The van der Waals surface area contributed by atoms with Crippen molar-refractivity contribution in [3.8, 4) is 5.75 Å². The second-order valence-electron chi connectivity index (χ2n) is 6.83. The van der Waals surface area contributed by atoms with Gasteiger partial charge in [-0.25, -0.2) is 9.59 Å². The van der Waals surface area contributed by atoms with Crippen molar-refractivity contribution >= 4 is 34.6 Å². The first-order chi connectivity index (χ1) is 15.0. The van der Waals surface area contributed by atoms with Gasteiger partial charge in [-0.2, -0.15) is 0 Å². The SMILES string of the molecule is CCCc1cc(=O)oc2cc(OC(=O)CCNC(=O)OCc3ccccc3)c(Cl)cc12. The number of fused-ring (bicyclic) bond motifs is 1. The van der Waals surface area contributed by atoms with Crippen LogP contribution in [0.2, 0.25) is 5.02 Å². The second-order valence-corrected chi connectivity index (χ2v) is 7.24. The Hall–Kier alpha value is -3.32. The molecule has 8 heteroatoms. The fraction of sp³-hybridized carbons (Fsp3) is 0.261. The van der Waals surface area contributed by atoms with Crippen LogP contribution >= 0.6 is 11.6 Å². The molecule has 1 aromatic heterocycles. The lowest BCUT2D eigenvalue weighted by Crippen LogP contribution is -2.27. The van der Waals surface area contributed by atoms with Crippen LogP contribution in [0.3, 0.4) is 0 Å². The smallest absolute Gasteiger partial charge is 0.407 e. The van der Waals surface area contributed by atoms with E-state index in [4.69, 9.17) is 25.5 Å². The first-order valence-corrected chi connectivity index (χ1v) is 10.3. The minimum absolute atomic E-state index is 0.0351. The molecule has 3 aromatic rings. The Bertz CT molecular complexity index is 1130. The standard InChI is InChI=1S/C23H22ClNO6/c1-2-6-16-11-22(27)30-19-13-20(18(24)12-17(16)19)31-21(26)9-10-25-23(28)29-14-15-7-4-3-5-8-15/h3-5,7-8,11-13H,2,6,9-10,14H2,1H3,(H,25,28). The molecule has 1 N–H and O–H groups in total. The summed E-state index contributed by atoms with van der Waals surface area (Å²) in [6, 6.07) is 13.7. The first-order valence-electron chi connectivity index (χ1n) is 9.87. The van der Waals surface area contributed by atoms with Crippen LogP contribution in [0.15, 0.2) is 57.7 Å². The Labute approximate surface area is 183 Å². The number of halogens is 1. The van der Waals surface area contributed by atoms with E-state index in [0.717, 1.165) is 17.5 Å². The lowest BCUT2D eigenvalue weighted by molar-refractivity contribution is -0.134. The van der Waals surface area contributed by atoms with Crippen LogP contribution in [0.4, 0.5) is 4.79 Å². The van der Waals surface area contributed by atoms with Crippen molar-refractivity contribution in [3.63, 3.8) is 0 Å². The van der Waals surface area contributed by atoms with Crippen LogP contribution in [0, 0.1) is 0 Å². The van der Waals surface area contributed by atoms with Crippen molar-refractivity contribution in [1.29, 1.82) is 0 Å². The average molecular weight is 444 g/mol. The van der Waals surface area contributed by atoms with E-state index in [-0.39, 0.29) is 30.3 Å². The molecule has 7 nitrogen and oxygen atoms in total. The fourth-order valence-corrected chi connectivity index (χ4v) is 3.20. The number of alkyl carbamates (subject to hydrolysis) is 1. The summed E-state index contributed by atoms with van der Waals surface area (Å²) in [4.78, 5) is 35.6. The number of benzene rings is 2. The van der Waals surface area contributed by atoms with Gasteiger partial charge in [-0.05, 0) is 23.6 Å². The van der Waals surface area contributed by atoms with Crippen molar-refractivity contribution in [2.24, 2.45) is 0 Å². The maximum atomic E-state index is 12.1. The third-order valence-electron chi connectivity index (χ3n) is 4.44. The molecule has 162 valence electrons. The van der Waals surface area contributed by atoms with Gasteiger partial charge in [0.2, 0.25) is 0 Å². The van der Waals surface area contributed by atoms with Gasteiger partial charge in [0.1, 0.15) is 12.2 Å². The highest BCUT2D eigenvalue weighted by Crippen LogP contribution is 2.31. The number of aryl methyl sites for hydroxylation is 1. The predicted octanol–water partition coefficient (Wildman–Crippen LogP) is 4.62. The van der Waals surface area contributed by atoms with Gasteiger partial charge in [0.15, 0.2) is 5.75 Å². The molecule has 0 aliphatic heterocycles. The number of carbonyl (C=O) groups is 2. The van der Waals surface area contributed by atoms with E-state index < -0.39 is 17.7 Å². The first kappa shape index (κ1) is 22.4. The van der Waals surface area contributed by atoms with Gasteiger partial charge in [0.05, 0.1) is 11.4 Å². The highest BCUT2D eigenvalue weighted by molar-refractivity contribution is 6.33. The number of ether oxygens (including phenoxy) is 2. The van der Waals surface area contributed by atoms with Gasteiger partial charge < -0.3 is 19.2 Å². The Morgan fingerprint density at radius 1 is 1.13 bits per heavy atom. The van der Waals surface area contributed by atoms with Crippen LogP contribution < -0.4 is 15.7 Å². The zero-order valence-electron chi connectivity index (χ0n) is 17.0. The van der Waals surface area contributed by atoms with Crippen LogP contribution in [0.1, 0.15) is 30.9 Å². The van der Waals surface area contributed by atoms with Crippen LogP contribution in [0.25, 0.3) is 11.0 Å². The zero-order valence-corrected chi connectivity index (χ0v) is 17.7. The Morgan fingerprint density at radius 2 is 1.90 bits per heavy atom. The topological polar surface area (TPSA) is 94.8 Å². The van der Waals surface area contributed by atoms with E-state index in [2.05, 4.69) is 5.32 Å². The van der Waals surface area contributed by atoms with Gasteiger partial charge >= 0.3 is 17.7 Å². The lowest BCUT2D eigenvalue weighted by Gasteiger charge is -2.10. The molecule has 0 bridgehead atoms. The maximum Gasteiger partial charge on any atom is 0.407 e. The molecule has 1 heterocycles. The molecule has 0 aliphatic rings. The van der Waals surface area contributed by atoms with Crippen molar-refractivity contribution < 1.29 is 23.5 Å². The van der Waals surface area contributed by atoms with Crippen molar-refractivity contribution in [2.45, 2.75) is 32.8 Å². The number of hydrogen-bond donors (Lipinski definition) is 1. The predicted molar refractivity (Wildman–Crippen MR) is 116 cm³/mol. The molecule has 0 aliphatic carbocycles. The summed E-state index contributed by atoms with van der Waals surface area (Å²) in [5.41, 5.74) is 1.50.